The zero-order valence-electron chi connectivity index (χ0n) is 13.1. The number of nitrogens with zero attached hydrogens (tertiary/aromatic N) is 2. The summed E-state index contributed by atoms with van der Waals surface area (Å²) in [5.74, 6) is 3.51. The lowest BCUT2D eigenvalue weighted by atomic mass is 9.89. The Morgan fingerprint density at radius 3 is 2.75 bits per heavy atom. The molecule has 1 aromatic rings. The van der Waals surface area contributed by atoms with Gasteiger partial charge in [-0.05, 0) is 36.3 Å². The standard InChI is InChI=1S/C16H27N3O/c1-11(2)10-20-16-14(17)5-6-15(18-16)19-8-7-12(3)13(4)9-19/h5-6,11-13H,7-10,17H2,1-4H3. The first kappa shape index (κ1) is 14.9. The summed E-state index contributed by atoms with van der Waals surface area (Å²) in [6, 6.07) is 3.90. The smallest absolute Gasteiger partial charge is 0.239 e. The maximum absolute atomic E-state index is 5.95. The summed E-state index contributed by atoms with van der Waals surface area (Å²) < 4.78 is 5.71. The lowest BCUT2D eigenvalue weighted by molar-refractivity contribution is 0.262. The summed E-state index contributed by atoms with van der Waals surface area (Å²) in [7, 11) is 0. The van der Waals surface area contributed by atoms with Gasteiger partial charge in [0.2, 0.25) is 5.88 Å². The van der Waals surface area contributed by atoms with Gasteiger partial charge >= 0.3 is 0 Å². The van der Waals surface area contributed by atoms with Gasteiger partial charge in [-0.25, -0.2) is 0 Å². The van der Waals surface area contributed by atoms with Crippen LogP contribution in [-0.2, 0) is 0 Å². The molecule has 0 aromatic carbocycles. The first-order valence-corrected chi connectivity index (χ1v) is 7.61. The first-order chi connectivity index (χ1) is 9.47. The van der Waals surface area contributed by atoms with Gasteiger partial charge in [-0.15, -0.1) is 0 Å². The Kier molecular flexibility index (Phi) is 4.73. The van der Waals surface area contributed by atoms with Gasteiger partial charge in [0.05, 0.1) is 12.3 Å². The Morgan fingerprint density at radius 1 is 1.35 bits per heavy atom. The fourth-order valence-corrected chi connectivity index (χ4v) is 2.45. The van der Waals surface area contributed by atoms with E-state index < -0.39 is 0 Å². The third-order valence-electron chi connectivity index (χ3n) is 4.09. The van der Waals surface area contributed by atoms with Crippen molar-refractivity contribution in [3.05, 3.63) is 12.1 Å². The van der Waals surface area contributed by atoms with Crippen molar-refractivity contribution in [2.75, 3.05) is 30.3 Å². The van der Waals surface area contributed by atoms with E-state index in [1.807, 2.05) is 12.1 Å². The van der Waals surface area contributed by atoms with Crippen molar-refractivity contribution in [3.8, 4) is 5.88 Å². The molecule has 0 radical (unpaired) electrons. The van der Waals surface area contributed by atoms with Crippen LogP contribution in [0.4, 0.5) is 11.5 Å². The van der Waals surface area contributed by atoms with Crippen LogP contribution in [0.5, 0.6) is 5.88 Å². The Labute approximate surface area is 122 Å². The van der Waals surface area contributed by atoms with E-state index in [0.717, 1.165) is 24.8 Å². The van der Waals surface area contributed by atoms with Gasteiger partial charge in [-0.3, -0.25) is 0 Å². The summed E-state index contributed by atoms with van der Waals surface area (Å²) in [4.78, 5) is 6.95. The van der Waals surface area contributed by atoms with Gasteiger partial charge in [0.15, 0.2) is 0 Å². The third kappa shape index (κ3) is 3.56. The van der Waals surface area contributed by atoms with Gasteiger partial charge in [-0.1, -0.05) is 27.7 Å². The molecular formula is C16H27N3O. The van der Waals surface area contributed by atoms with E-state index in [-0.39, 0.29) is 0 Å². The second kappa shape index (κ2) is 6.33. The van der Waals surface area contributed by atoms with Crippen molar-refractivity contribution in [1.29, 1.82) is 0 Å². The molecule has 2 unspecified atom stereocenters. The molecule has 2 heterocycles. The molecule has 0 saturated carbocycles. The molecule has 0 spiro atoms. The Hall–Kier alpha value is -1.45. The fraction of sp³-hybridized carbons (Fsp3) is 0.688. The summed E-state index contributed by atoms with van der Waals surface area (Å²) in [5, 5.41) is 0. The monoisotopic (exact) mass is 277 g/mol. The second-order valence-electron chi connectivity index (χ2n) is 6.46. The van der Waals surface area contributed by atoms with E-state index in [0.29, 0.717) is 30.0 Å². The van der Waals surface area contributed by atoms with Crippen LogP contribution in [0.3, 0.4) is 0 Å². The van der Waals surface area contributed by atoms with Gasteiger partial charge in [0.1, 0.15) is 5.82 Å². The summed E-state index contributed by atoms with van der Waals surface area (Å²) >= 11 is 0. The average Bonchev–Trinajstić information content (AvgIpc) is 2.41. The predicted molar refractivity (Wildman–Crippen MR) is 84.1 cm³/mol. The molecule has 20 heavy (non-hydrogen) atoms. The zero-order chi connectivity index (χ0) is 14.7. The second-order valence-corrected chi connectivity index (χ2v) is 6.46. The number of piperidine rings is 1. The minimum atomic E-state index is 0.468. The third-order valence-corrected chi connectivity index (χ3v) is 4.09. The minimum absolute atomic E-state index is 0.468. The maximum Gasteiger partial charge on any atom is 0.239 e. The van der Waals surface area contributed by atoms with Gasteiger partial charge in [-0.2, -0.15) is 4.98 Å². The van der Waals surface area contributed by atoms with E-state index in [1.54, 1.807) is 0 Å². The molecule has 1 aliphatic rings. The summed E-state index contributed by atoms with van der Waals surface area (Å²) in [6.45, 7) is 11.6. The fourth-order valence-electron chi connectivity index (χ4n) is 2.45. The molecule has 1 aromatic heterocycles. The molecule has 1 saturated heterocycles. The molecule has 112 valence electrons. The van der Waals surface area contributed by atoms with E-state index in [9.17, 15) is 0 Å². The number of ether oxygens (including phenoxy) is 1. The average molecular weight is 277 g/mol. The van der Waals surface area contributed by atoms with Crippen LogP contribution in [0.25, 0.3) is 0 Å². The van der Waals surface area contributed by atoms with Crippen molar-refractivity contribution >= 4 is 11.5 Å². The van der Waals surface area contributed by atoms with Crippen LogP contribution in [0, 0.1) is 17.8 Å². The van der Waals surface area contributed by atoms with Gasteiger partial charge in [0.25, 0.3) is 0 Å². The number of aromatic nitrogens is 1. The normalized spacial score (nSPS) is 23.1. The number of nitrogen functional groups attached to an aromatic ring is 1. The highest BCUT2D eigenvalue weighted by Gasteiger charge is 2.24. The molecule has 1 aliphatic heterocycles. The van der Waals surface area contributed by atoms with Crippen molar-refractivity contribution in [3.63, 3.8) is 0 Å². The van der Waals surface area contributed by atoms with Crippen LogP contribution in [-0.4, -0.2) is 24.7 Å². The molecule has 4 nitrogen and oxygen atoms in total. The van der Waals surface area contributed by atoms with Crippen molar-refractivity contribution in [2.24, 2.45) is 17.8 Å². The molecule has 0 aliphatic carbocycles. The molecule has 0 amide bonds. The number of rotatable bonds is 4. The number of hydrogen-bond acceptors (Lipinski definition) is 4. The SMILES string of the molecule is CC(C)COc1nc(N2CCC(C)C(C)C2)ccc1N. The number of nitrogens with two attached hydrogens (primary N) is 1. The number of hydrogen-bond donors (Lipinski definition) is 1. The van der Waals surface area contributed by atoms with Gasteiger partial charge < -0.3 is 15.4 Å². The van der Waals surface area contributed by atoms with Crippen molar-refractivity contribution in [2.45, 2.75) is 34.1 Å². The molecular weight excluding hydrogens is 250 g/mol. The Balaban J connectivity index is 2.10. The summed E-state index contributed by atoms with van der Waals surface area (Å²) in [5.41, 5.74) is 6.57. The quantitative estimate of drug-likeness (QED) is 0.918. The van der Waals surface area contributed by atoms with Crippen LogP contribution in [0.1, 0.15) is 34.1 Å². The topological polar surface area (TPSA) is 51.4 Å². The highest BCUT2D eigenvalue weighted by molar-refractivity contribution is 5.54. The Morgan fingerprint density at radius 2 is 2.10 bits per heavy atom. The van der Waals surface area contributed by atoms with Crippen molar-refractivity contribution < 1.29 is 4.74 Å². The molecule has 1 fully saturated rings. The lowest BCUT2D eigenvalue weighted by Gasteiger charge is -2.36. The summed E-state index contributed by atoms with van der Waals surface area (Å²) in [6.07, 6.45) is 1.22. The molecule has 0 bridgehead atoms. The maximum atomic E-state index is 5.95. The van der Waals surface area contributed by atoms with Crippen LogP contribution in [0.2, 0.25) is 0 Å². The highest BCUT2D eigenvalue weighted by Crippen LogP contribution is 2.29. The highest BCUT2D eigenvalue weighted by atomic mass is 16.5. The largest absolute Gasteiger partial charge is 0.476 e. The first-order valence-electron chi connectivity index (χ1n) is 7.61. The Bertz CT molecular complexity index is 447. The van der Waals surface area contributed by atoms with E-state index in [2.05, 4.69) is 37.6 Å². The lowest BCUT2D eigenvalue weighted by Crippen LogP contribution is -2.38. The molecule has 2 rings (SSSR count). The molecule has 2 atom stereocenters. The van der Waals surface area contributed by atoms with Crippen LogP contribution in [0.15, 0.2) is 12.1 Å². The minimum Gasteiger partial charge on any atom is -0.476 e. The zero-order valence-corrected chi connectivity index (χ0v) is 13.1. The molecule has 4 heteroatoms. The number of anilines is 2. The van der Waals surface area contributed by atoms with Crippen LogP contribution < -0.4 is 15.4 Å². The number of pyridine rings is 1. The van der Waals surface area contributed by atoms with Gasteiger partial charge in [0, 0.05) is 13.1 Å². The van der Waals surface area contributed by atoms with E-state index in [1.165, 1.54) is 6.42 Å². The predicted octanol–water partition coefficient (Wildman–Crippen LogP) is 3.18. The van der Waals surface area contributed by atoms with Crippen molar-refractivity contribution in [1.82, 2.24) is 4.98 Å². The van der Waals surface area contributed by atoms with E-state index in [4.69, 9.17) is 10.5 Å². The van der Waals surface area contributed by atoms with Crippen LogP contribution >= 0.6 is 0 Å². The molecule has 2 N–H and O–H groups in total. The van der Waals surface area contributed by atoms with E-state index >= 15 is 0 Å².